The maximum absolute atomic E-state index is 11.1. The minimum absolute atomic E-state index is 0.252. The van der Waals surface area contributed by atoms with Crippen molar-refractivity contribution < 1.29 is 19.4 Å². The van der Waals surface area contributed by atoms with Crippen LogP contribution in [0.5, 0.6) is 0 Å². The van der Waals surface area contributed by atoms with Crippen molar-refractivity contribution in [1.29, 1.82) is 0 Å². The molecule has 0 amide bonds. The van der Waals surface area contributed by atoms with Crippen LogP contribution < -0.4 is 0 Å². The number of ether oxygens (including phenoxy) is 2. The number of esters is 1. The highest BCUT2D eigenvalue weighted by atomic mass is 16.6. The Kier molecular flexibility index (Phi) is 3.70. The molecule has 0 spiro atoms. The Balaban J connectivity index is 2.64. The van der Waals surface area contributed by atoms with Crippen molar-refractivity contribution in [1.82, 2.24) is 0 Å². The molecule has 78 valence electrons. The fraction of sp³-hybridized carbons (Fsp3) is 0.857. The number of carbonyl (C=O) groups is 1. The molecule has 0 aromatic rings. The van der Waals surface area contributed by atoms with Crippen LogP contribution in [0.4, 0.5) is 0 Å². The zero-order valence-electron chi connectivity index (χ0n) is 7.66. The predicted molar refractivity (Wildman–Crippen MR) is 45.3 cm³/mol. The Morgan fingerprint density at radius 2 is 2.57 bits per heavy atom. The molecule has 1 N–H and O–H groups in total. The lowest BCUT2D eigenvalue weighted by atomic mass is 10.1. The van der Waals surface area contributed by atoms with Crippen molar-refractivity contribution in [3.8, 4) is 0 Å². The molecule has 1 fully saturated rings. The van der Waals surface area contributed by atoms with E-state index in [-0.39, 0.29) is 13.0 Å². The van der Waals surface area contributed by atoms with Gasteiger partial charge in [-0.2, -0.15) is 0 Å². The van der Waals surface area contributed by atoms with Crippen LogP contribution in [0, 0.1) is 0 Å². The van der Waals surface area contributed by atoms with Gasteiger partial charge in [0.25, 0.3) is 0 Å². The van der Waals surface area contributed by atoms with Crippen molar-refractivity contribution >= 4 is 5.97 Å². The zero-order chi connectivity index (χ0) is 10.6. The van der Waals surface area contributed by atoms with Gasteiger partial charge in [-0.25, -0.2) is 4.79 Å². The summed E-state index contributed by atoms with van der Waals surface area (Å²) in [6.07, 6.45) is -1.11. The molecule has 0 unspecified atom stereocenters. The number of hydrogen-bond acceptors (Lipinski definition) is 5. The number of methoxy groups -OCH3 is 1. The molecular formula is C7H11N3O4. The molecule has 0 aromatic carbocycles. The number of aliphatic hydroxyl groups excluding tert-OH is 1. The molecule has 0 saturated carbocycles. The van der Waals surface area contributed by atoms with Gasteiger partial charge < -0.3 is 14.6 Å². The Morgan fingerprint density at radius 1 is 1.86 bits per heavy atom. The summed E-state index contributed by atoms with van der Waals surface area (Å²) in [4.78, 5) is 13.7. The van der Waals surface area contributed by atoms with Gasteiger partial charge >= 0.3 is 5.97 Å². The fourth-order valence-corrected chi connectivity index (χ4v) is 1.36. The molecule has 7 heteroatoms. The highest BCUT2D eigenvalue weighted by molar-refractivity contribution is 5.75. The first-order chi connectivity index (χ1) is 6.72. The van der Waals surface area contributed by atoms with E-state index in [0.717, 1.165) is 0 Å². The molecule has 0 aromatic heterocycles. The van der Waals surface area contributed by atoms with E-state index < -0.39 is 24.2 Å². The van der Waals surface area contributed by atoms with Crippen LogP contribution in [0.15, 0.2) is 5.11 Å². The van der Waals surface area contributed by atoms with Crippen molar-refractivity contribution in [2.24, 2.45) is 5.11 Å². The van der Waals surface area contributed by atoms with Gasteiger partial charge in [0.2, 0.25) is 0 Å². The Morgan fingerprint density at radius 3 is 3.07 bits per heavy atom. The van der Waals surface area contributed by atoms with Gasteiger partial charge in [-0.15, -0.1) is 0 Å². The number of azide groups is 1. The van der Waals surface area contributed by atoms with Crippen LogP contribution >= 0.6 is 0 Å². The molecule has 0 bridgehead atoms. The summed E-state index contributed by atoms with van der Waals surface area (Å²) >= 11 is 0. The second-order valence-corrected chi connectivity index (χ2v) is 2.88. The Labute approximate surface area is 80.2 Å². The SMILES string of the molecule is COC(=O)[C@H]1C[C@@H](N=[N+]=[N-])[C@@H](CO)O1. The van der Waals surface area contributed by atoms with Crippen LogP contribution in [0.25, 0.3) is 10.4 Å². The monoisotopic (exact) mass is 201 g/mol. The standard InChI is InChI=1S/C7H11N3O4/c1-13-7(12)5-2-4(9-10-8)6(3-11)14-5/h4-6,11H,2-3H2,1H3/t4-,5-,6-/m1/s1. The summed E-state index contributed by atoms with van der Waals surface area (Å²) in [5.74, 6) is -0.515. The third-order valence-corrected chi connectivity index (χ3v) is 2.07. The van der Waals surface area contributed by atoms with E-state index in [2.05, 4.69) is 14.8 Å². The number of nitrogens with zero attached hydrogens (tertiary/aromatic N) is 3. The second kappa shape index (κ2) is 4.80. The fourth-order valence-electron chi connectivity index (χ4n) is 1.36. The maximum Gasteiger partial charge on any atom is 0.334 e. The summed E-state index contributed by atoms with van der Waals surface area (Å²) in [5.41, 5.74) is 8.23. The van der Waals surface area contributed by atoms with Crippen molar-refractivity contribution in [3.63, 3.8) is 0 Å². The van der Waals surface area contributed by atoms with Crippen molar-refractivity contribution in [3.05, 3.63) is 10.4 Å². The first-order valence-corrected chi connectivity index (χ1v) is 4.11. The largest absolute Gasteiger partial charge is 0.467 e. The molecule has 7 nitrogen and oxygen atoms in total. The van der Waals surface area contributed by atoms with Gasteiger partial charge in [0.1, 0.15) is 0 Å². The van der Waals surface area contributed by atoms with E-state index in [1.54, 1.807) is 0 Å². The van der Waals surface area contributed by atoms with Crippen LogP contribution in [0.3, 0.4) is 0 Å². The zero-order valence-corrected chi connectivity index (χ0v) is 7.66. The summed E-state index contributed by atoms with van der Waals surface area (Å²) in [5, 5.41) is 12.3. The molecule has 1 heterocycles. The van der Waals surface area contributed by atoms with E-state index in [0.29, 0.717) is 0 Å². The van der Waals surface area contributed by atoms with E-state index in [1.165, 1.54) is 7.11 Å². The average Bonchev–Trinajstić information content (AvgIpc) is 2.60. The molecule has 3 atom stereocenters. The van der Waals surface area contributed by atoms with E-state index in [4.69, 9.17) is 15.4 Å². The van der Waals surface area contributed by atoms with Crippen LogP contribution in [0.1, 0.15) is 6.42 Å². The second-order valence-electron chi connectivity index (χ2n) is 2.88. The van der Waals surface area contributed by atoms with Crippen molar-refractivity contribution in [2.45, 2.75) is 24.7 Å². The molecule has 1 rings (SSSR count). The lowest BCUT2D eigenvalue weighted by Crippen LogP contribution is -2.25. The quantitative estimate of drug-likeness (QED) is 0.300. The van der Waals surface area contributed by atoms with Gasteiger partial charge in [-0.05, 0) is 12.0 Å². The normalized spacial score (nSPS) is 30.9. The topological polar surface area (TPSA) is 105 Å². The third-order valence-electron chi connectivity index (χ3n) is 2.07. The number of hydrogen-bond donors (Lipinski definition) is 1. The smallest absolute Gasteiger partial charge is 0.334 e. The number of carbonyl (C=O) groups excluding carboxylic acids is 1. The van der Waals surface area contributed by atoms with Crippen LogP contribution in [0.2, 0.25) is 0 Å². The van der Waals surface area contributed by atoms with Gasteiger partial charge in [0.05, 0.1) is 25.9 Å². The molecule has 1 aliphatic rings. The first-order valence-electron chi connectivity index (χ1n) is 4.11. The molecule has 1 saturated heterocycles. The van der Waals surface area contributed by atoms with Gasteiger partial charge in [0.15, 0.2) is 6.10 Å². The summed E-state index contributed by atoms with van der Waals surface area (Å²) < 4.78 is 9.61. The highest BCUT2D eigenvalue weighted by Crippen LogP contribution is 2.23. The first kappa shape index (κ1) is 10.8. The number of rotatable bonds is 3. The summed E-state index contributed by atoms with van der Waals surface area (Å²) in [6, 6.07) is -0.505. The van der Waals surface area contributed by atoms with E-state index in [9.17, 15) is 4.79 Å². The lowest BCUT2D eigenvalue weighted by Gasteiger charge is -2.10. The van der Waals surface area contributed by atoms with E-state index >= 15 is 0 Å². The highest BCUT2D eigenvalue weighted by Gasteiger charge is 2.38. The van der Waals surface area contributed by atoms with E-state index in [1.807, 2.05) is 0 Å². The minimum Gasteiger partial charge on any atom is -0.467 e. The van der Waals surface area contributed by atoms with Gasteiger partial charge in [-0.3, -0.25) is 0 Å². The molecule has 0 aliphatic carbocycles. The van der Waals surface area contributed by atoms with Gasteiger partial charge in [0, 0.05) is 4.91 Å². The van der Waals surface area contributed by atoms with Crippen LogP contribution in [-0.4, -0.2) is 43.0 Å². The van der Waals surface area contributed by atoms with Gasteiger partial charge in [-0.1, -0.05) is 5.11 Å². The average molecular weight is 201 g/mol. The molecule has 1 aliphatic heterocycles. The minimum atomic E-state index is -0.743. The molecule has 14 heavy (non-hydrogen) atoms. The summed E-state index contributed by atoms with van der Waals surface area (Å²) in [7, 11) is 1.25. The third kappa shape index (κ3) is 2.14. The molecule has 0 radical (unpaired) electrons. The summed E-state index contributed by atoms with van der Waals surface area (Å²) in [6.45, 7) is -0.281. The number of aliphatic hydroxyl groups is 1. The lowest BCUT2D eigenvalue weighted by molar-refractivity contribution is -0.153. The van der Waals surface area contributed by atoms with Crippen LogP contribution in [-0.2, 0) is 14.3 Å². The maximum atomic E-state index is 11.1. The Hall–Kier alpha value is -1.30. The van der Waals surface area contributed by atoms with Crippen molar-refractivity contribution in [2.75, 3.05) is 13.7 Å². The Bertz CT molecular complexity index is 264. The molecular weight excluding hydrogens is 190 g/mol. The predicted octanol–water partition coefficient (Wildman–Crippen LogP) is -0.0119.